The lowest BCUT2D eigenvalue weighted by Crippen LogP contribution is -2.40. The maximum atomic E-state index is 13.4. The van der Waals surface area contributed by atoms with Crippen LogP contribution in [0.2, 0.25) is 0 Å². The molecule has 1 saturated carbocycles. The van der Waals surface area contributed by atoms with Gasteiger partial charge in [-0.25, -0.2) is 0 Å². The Morgan fingerprint density at radius 3 is 2.50 bits per heavy atom. The summed E-state index contributed by atoms with van der Waals surface area (Å²) < 4.78 is 10.6. The van der Waals surface area contributed by atoms with E-state index in [0.717, 1.165) is 18.5 Å². The molecule has 1 heterocycles. The van der Waals surface area contributed by atoms with Crippen molar-refractivity contribution in [2.45, 2.75) is 39.2 Å². The summed E-state index contributed by atoms with van der Waals surface area (Å²) in [4.78, 5) is 26.3. The van der Waals surface area contributed by atoms with Gasteiger partial charge in [0, 0.05) is 17.3 Å². The lowest BCUT2D eigenvalue weighted by atomic mass is 10.0. The summed E-state index contributed by atoms with van der Waals surface area (Å²) in [5.41, 5.74) is 1.75. The molecule has 0 aliphatic heterocycles. The Morgan fingerprint density at radius 2 is 1.96 bits per heavy atom. The van der Waals surface area contributed by atoms with E-state index in [9.17, 15) is 9.59 Å². The summed E-state index contributed by atoms with van der Waals surface area (Å²) in [5, 5.41) is 9.10. The van der Waals surface area contributed by atoms with E-state index >= 15 is 0 Å². The highest BCUT2D eigenvalue weighted by molar-refractivity contribution is 6.08. The lowest BCUT2D eigenvalue weighted by molar-refractivity contribution is -0.136. The van der Waals surface area contributed by atoms with Gasteiger partial charge >= 0.3 is 5.97 Å². The molecule has 1 aromatic carbocycles. The van der Waals surface area contributed by atoms with E-state index in [4.69, 9.17) is 14.3 Å². The van der Waals surface area contributed by atoms with E-state index in [2.05, 4.69) is 0 Å². The Hall–Kier alpha value is -2.76. The molecule has 1 aromatic heterocycles. The van der Waals surface area contributed by atoms with Gasteiger partial charge in [0.1, 0.15) is 17.9 Å². The fourth-order valence-corrected chi connectivity index (χ4v) is 3.24. The van der Waals surface area contributed by atoms with Crippen LogP contribution in [-0.2, 0) is 11.2 Å². The van der Waals surface area contributed by atoms with E-state index in [1.807, 2.05) is 31.2 Å². The van der Waals surface area contributed by atoms with E-state index in [1.165, 1.54) is 6.26 Å². The fraction of sp³-hybridized carbons (Fsp3) is 0.400. The summed E-state index contributed by atoms with van der Waals surface area (Å²) in [7, 11) is 1.60. The number of benzene rings is 1. The molecule has 1 N–H and O–H groups in total. The fourth-order valence-electron chi connectivity index (χ4n) is 3.24. The maximum absolute atomic E-state index is 13.4. The van der Waals surface area contributed by atoms with E-state index in [1.54, 1.807) is 18.9 Å². The molecule has 0 saturated heterocycles. The van der Waals surface area contributed by atoms with Gasteiger partial charge in [0.25, 0.3) is 5.91 Å². The van der Waals surface area contributed by atoms with Crippen LogP contribution in [0.3, 0.4) is 0 Å². The number of hydrogen-bond donors (Lipinski definition) is 1. The van der Waals surface area contributed by atoms with Crippen molar-refractivity contribution in [3.63, 3.8) is 0 Å². The predicted molar refractivity (Wildman–Crippen MR) is 96.8 cm³/mol. The van der Waals surface area contributed by atoms with Gasteiger partial charge in [-0.15, -0.1) is 0 Å². The van der Waals surface area contributed by atoms with Gasteiger partial charge in [0.2, 0.25) is 0 Å². The molecule has 0 bridgehead atoms. The summed E-state index contributed by atoms with van der Waals surface area (Å²) in [6.07, 6.45) is 3.31. The van der Waals surface area contributed by atoms with Gasteiger partial charge < -0.3 is 19.2 Å². The van der Waals surface area contributed by atoms with Crippen molar-refractivity contribution in [3.8, 4) is 5.75 Å². The van der Waals surface area contributed by atoms with Crippen molar-refractivity contribution in [2.75, 3.05) is 12.0 Å². The number of carboxylic acid groups (broad SMARTS) is 1. The first-order valence-electron chi connectivity index (χ1n) is 8.68. The quantitative estimate of drug-likeness (QED) is 0.818. The third-order valence-electron chi connectivity index (χ3n) is 4.86. The molecule has 1 aliphatic carbocycles. The molecular formula is C20H23NO5. The molecule has 6 nitrogen and oxygen atoms in total. The number of hydrogen-bond acceptors (Lipinski definition) is 4. The zero-order chi connectivity index (χ0) is 18.8. The molecule has 6 heteroatoms. The van der Waals surface area contributed by atoms with Crippen LogP contribution in [0, 0.1) is 12.8 Å². The SMILES string of the molecule is COc1ccc(N(C(=O)c2c(C)coc2CC(=O)O)C(C)C2CC2)cc1. The molecule has 3 rings (SSSR count). The van der Waals surface area contributed by atoms with Crippen LogP contribution in [-0.4, -0.2) is 30.1 Å². The van der Waals surface area contributed by atoms with Crippen LogP contribution >= 0.6 is 0 Å². The number of nitrogens with zero attached hydrogens (tertiary/aromatic N) is 1. The Morgan fingerprint density at radius 1 is 1.31 bits per heavy atom. The van der Waals surface area contributed by atoms with Gasteiger partial charge in [-0.05, 0) is 56.9 Å². The van der Waals surface area contributed by atoms with Crippen molar-refractivity contribution >= 4 is 17.6 Å². The summed E-state index contributed by atoms with van der Waals surface area (Å²) in [5.74, 6) is 0.112. The van der Waals surface area contributed by atoms with Crippen LogP contribution in [0.15, 0.2) is 34.9 Å². The minimum absolute atomic E-state index is 0.0165. The van der Waals surface area contributed by atoms with Gasteiger partial charge in [-0.2, -0.15) is 0 Å². The number of anilines is 1. The molecule has 26 heavy (non-hydrogen) atoms. The van der Waals surface area contributed by atoms with Gasteiger partial charge in [0.15, 0.2) is 0 Å². The highest BCUT2D eigenvalue weighted by atomic mass is 16.5. The second-order valence-corrected chi connectivity index (χ2v) is 6.74. The summed E-state index contributed by atoms with van der Waals surface area (Å²) in [6, 6.07) is 7.34. The summed E-state index contributed by atoms with van der Waals surface area (Å²) >= 11 is 0. The molecule has 0 radical (unpaired) electrons. The normalized spacial score (nSPS) is 14.7. The Balaban J connectivity index is 2.00. The lowest BCUT2D eigenvalue weighted by Gasteiger charge is -2.30. The van der Waals surface area contributed by atoms with Crippen LogP contribution < -0.4 is 9.64 Å². The Bertz CT molecular complexity index is 804. The highest BCUT2D eigenvalue weighted by Gasteiger charge is 2.37. The van der Waals surface area contributed by atoms with Gasteiger partial charge in [-0.3, -0.25) is 9.59 Å². The molecule has 0 spiro atoms. The second kappa shape index (κ2) is 7.23. The molecule has 138 valence electrons. The van der Waals surface area contributed by atoms with E-state index in [-0.39, 0.29) is 24.1 Å². The molecular weight excluding hydrogens is 334 g/mol. The van der Waals surface area contributed by atoms with Crippen molar-refractivity contribution in [2.24, 2.45) is 5.92 Å². The first-order valence-corrected chi connectivity index (χ1v) is 8.68. The molecule has 1 amide bonds. The minimum atomic E-state index is -1.03. The first kappa shape index (κ1) is 18.0. The zero-order valence-corrected chi connectivity index (χ0v) is 15.2. The standard InChI is InChI=1S/C20H23NO5/c1-12-11-26-17(10-18(22)23)19(12)20(24)21(13(2)14-4-5-14)15-6-8-16(25-3)9-7-15/h6-9,11,13-14H,4-5,10H2,1-3H3,(H,22,23). The second-order valence-electron chi connectivity index (χ2n) is 6.74. The number of rotatable bonds is 7. The number of furan rings is 1. The average Bonchev–Trinajstić information content (AvgIpc) is 3.40. The number of amides is 1. The highest BCUT2D eigenvalue weighted by Crippen LogP contribution is 2.38. The third kappa shape index (κ3) is 3.59. The largest absolute Gasteiger partial charge is 0.497 e. The van der Waals surface area contributed by atoms with Crippen LogP contribution in [0.5, 0.6) is 5.75 Å². The van der Waals surface area contributed by atoms with E-state index in [0.29, 0.717) is 22.8 Å². The monoisotopic (exact) mass is 357 g/mol. The smallest absolute Gasteiger partial charge is 0.311 e. The minimum Gasteiger partial charge on any atom is -0.497 e. The van der Waals surface area contributed by atoms with Crippen molar-refractivity contribution in [1.82, 2.24) is 0 Å². The predicted octanol–water partition coefficient (Wildman–Crippen LogP) is 3.67. The van der Waals surface area contributed by atoms with Gasteiger partial charge in [-0.1, -0.05) is 0 Å². The van der Waals surface area contributed by atoms with Crippen molar-refractivity contribution in [3.05, 3.63) is 47.4 Å². The first-order chi connectivity index (χ1) is 12.4. The number of carbonyl (C=O) groups is 2. The third-order valence-corrected chi connectivity index (χ3v) is 4.86. The molecule has 1 atom stereocenters. The molecule has 1 unspecified atom stereocenters. The number of carboxylic acids is 1. The van der Waals surface area contributed by atoms with Crippen LogP contribution in [0.25, 0.3) is 0 Å². The van der Waals surface area contributed by atoms with E-state index < -0.39 is 5.97 Å². The number of carbonyl (C=O) groups excluding carboxylic acids is 1. The van der Waals surface area contributed by atoms with Crippen LogP contribution in [0.1, 0.15) is 41.4 Å². The molecule has 2 aromatic rings. The summed E-state index contributed by atoms with van der Waals surface area (Å²) in [6.45, 7) is 3.79. The maximum Gasteiger partial charge on any atom is 0.311 e. The van der Waals surface area contributed by atoms with Gasteiger partial charge in [0.05, 0.1) is 18.9 Å². The Labute approximate surface area is 152 Å². The average molecular weight is 357 g/mol. The molecule has 1 aliphatic rings. The number of aliphatic carboxylic acids is 1. The topological polar surface area (TPSA) is 80.0 Å². The van der Waals surface area contributed by atoms with Crippen molar-refractivity contribution < 1.29 is 23.8 Å². The molecule has 1 fully saturated rings. The zero-order valence-electron chi connectivity index (χ0n) is 15.2. The number of methoxy groups -OCH3 is 1. The number of aryl methyl sites for hydroxylation is 1. The number of ether oxygens (including phenoxy) is 1. The van der Waals surface area contributed by atoms with Crippen LogP contribution in [0.4, 0.5) is 5.69 Å². The Kier molecular flexibility index (Phi) is 5.02. The van der Waals surface area contributed by atoms with Crippen molar-refractivity contribution in [1.29, 1.82) is 0 Å².